The molecule has 0 aromatic heterocycles. The summed E-state index contributed by atoms with van der Waals surface area (Å²) in [5.74, 6) is 0.206. The minimum Gasteiger partial charge on any atom is -0.338 e. The molecule has 0 N–H and O–H groups in total. The standard InChI is InChI=1S/C31H29FN2O2/c32-24-7-3-5-21(19-24)11-12-22-13-14-28-26(22)9-4-10-29(28)30(35)33-17-15-25(16-18-33)34-20-23-6-1-2-8-27(23)31(34)36/h1-10,13-14,19,22,25H,11-12,15-18,20H2. The van der Waals surface area contributed by atoms with E-state index in [-0.39, 0.29) is 29.6 Å². The summed E-state index contributed by atoms with van der Waals surface area (Å²) in [6, 6.07) is 20.8. The average molecular weight is 481 g/mol. The molecule has 1 fully saturated rings. The van der Waals surface area contributed by atoms with Gasteiger partial charge in [0.1, 0.15) is 5.82 Å². The van der Waals surface area contributed by atoms with Crippen molar-refractivity contribution < 1.29 is 14.0 Å². The van der Waals surface area contributed by atoms with Gasteiger partial charge in [-0.15, -0.1) is 0 Å². The largest absolute Gasteiger partial charge is 0.338 e. The highest BCUT2D eigenvalue weighted by molar-refractivity contribution is 6.00. The highest BCUT2D eigenvalue weighted by atomic mass is 19.1. The van der Waals surface area contributed by atoms with Crippen molar-refractivity contribution in [2.45, 2.75) is 44.2 Å². The Balaban J connectivity index is 1.10. The van der Waals surface area contributed by atoms with E-state index >= 15 is 0 Å². The van der Waals surface area contributed by atoms with Crippen molar-refractivity contribution in [2.24, 2.45) is 0 Å². The van der Waals surface area contributed by atoms with Crippen LogP contribution in [0, 0.1) is 5.82 Å². The van der Waals surface area contributed by atoms with Crippen LogP contribution in [0.1, 0.15) is 68.2 Å². The maximum atomic E-state index is 13.5. The van der Waals surface area contributed by atoms with Gasteiger partial charge in [0.05, 0.1) is 0 Å². The molecule has 4 nitrogen and oxygen atoms in total. The van der Waals surface area contributed by atoms with Crippen molar-refractivity contribution in [3.05, 3.63) is 112 Å². The number of rotatable bonds is 5. The molecule has 1 atom stereocenters. The van der Waals surface area contributed by atoms with Crippen LogP contribution in [-0.4, -0.2) is 40.7 Å². The number of piperidine rings is 1. The molecular weight excluding hydrogens is 451 g/mol. The lowest BCUT2D eigenvalue weighted by atomic mass is 9.92. The summed E-state index contributed by atoms with van der Waals surface area (Å²) in [6.45, 7) is 1.97. The number of fused-ring (bicyclic) bond motifs is 2. The van der Waals surface area contributed by atoms with Gasteiger partial charge in [-0.3, -0.25) is 9.59 Å². The topological polar surface area (TPSA) is 40.6 Å². The van der Waals surface area contributed by atoms with E-state index in [2.05, 4.69) is 18.2 Å². The Morgan fingerprint density at radius 1 is 0.972 bits per heavy atom. The van der Waals surface area contributed by atoms with Crippen molar-refractivity contribution in [2.75, 3.05) is 13.1 Å². The van der Waals surface area contributed by atoms with Crippen molar-refractivity contribution >= 4 is 17.9 Å². The zero-order chi connectivity index (χ0) is 24.6. The molecule has 0 radical (unpaired) electrons. The summed E-state index contributed by atoms with van der Waals surface area (Å²) >= 11 is 0. The summed E-state index contributed by atoms with van der Waals surface area (Å²) < 4.78 is 13.5. The highest BCUT2D eigenvalue weighted by Crippen LogP contribution is 2.36. The number of halogens is 1. The van der Waals surface area contributed by atoms with Crippen LogP contribution in [0.3, 0.4) is 0 Å². The Morgan fingerprint density at radius 2 is 1.78 bits per heavy atom. The number of carbonyl (C=O) groups is 2. The Bertz CT molecular complexity index is 1360. The molecule has 0 saturated carbocycles. The molecule has 5 heteroatoms. The van der Waals surface area contributed by atoms with E-state index < -0.39 is 0 Å². The summed E-state index contributed by atoms with van der Waals surface area (Å²) in [5, 5.41) is 0. The second-order valence-corrected chi connectivity index (χ2v) is 10.1. The quantitative estimate of drug-likeness (QED) is 0.461. The number of benzene rings is 3. The van der Waals surface area contributed by atoms with Gasteiger partial charge < -0.3 is 9.80 Å². The predicted octanol–water partition coefficient (Wildman–Crippen LogP) is 5.83. The Kier molecular flexibility index (Phi) is 5.92. The van der Waals surface area contributed by atoms with Gasteiger partial charge in [-0.05, 0) is 72.2 Å². The third kappa shape index (κ3) is 4.13. The second-order valence-electron chi connectivity index (χ2n) is 10.1. The second kappa shape index (κ2) is 9.38. The first kappa shape index (κ1) is 22.7. The maximum absolute atomic E-state index is 13.5. The summed E-state index contributed by atoms with van der Waals surface area (Å²) in [6.07, 6.45) is 7.51. The van der Waals surface area contributed by atoms with Gasteiger partial charge in [0, 0.05) is 42.7 Å². The number of nitrogens with zero attached hydrogens (tertiary/aromatic N) is 2. The fourth-order valence-corrected chi connectivity index (χ4v) is 5.98. The lowest BCUT2D eigenvalue weighted by molar-refractivity contribution is 0.0535. The Hall–Kier alpha value is -3.73. The van der Waals surface area contributed by atoms with Crippen molar-refractivity contribution in [1.29, 1.82) is 0 Å². The minimum atomic E-state index is -0.204. The number of hydrogen-bond acceptors (Lipinski definition) is 2. The Labute approximate surface area is 211 Å². The number of hydrogen-bond donors (Lipinski definition) is 0. The van der Waals surface area contributed by atoms with Crippen LogP contribution >= 0.6 is 0 Å². The van der Waals surface area contributed by atoms with Crippen LogP contribution in [0.5, 0.6) is 0 Å². The van der Waals surface area contributed by atoms with Gasteiger partial charge in [-0.1, -0.05) is 54.6 Å². The molecular formula is C31H29FN2O2. The van der Waals surface area contributed by atoms with Gasteiger partial charge in [-0.25, -0.2) is 4.39 Å². The number of carbonyl (C=O) groups excluding carboxylic acids is 2. The SMILES string of the molecule is O=C(c1cccc2c1C=CC2CCc1cccc(F)c1)N1CCC(N2Cc3ccccc3C2=O)CC1. The van der Waals surface area contributed by atoms with Gasteiger partial charge in [-0.2, -0.15) is 0 Å². The molecule has 0 bridgehead atoms. The van der Waals surface area contributed by atoms with Gasteiger partial charge >= 0.3 is 0 Å². The molecule has 0 spiro atoms. The van der Waals surface area contributed by atoms with Crippen molar-refractivity contribution in [3.8, 4) is 0 Å². The lowest BCUT2D eigenvalue weighted by Crippen LogP contribution is -2.47. The fraction of sp³-hybridized carbons (Fsp3) is 0.290. The van der Waals surface area contributed by atoms with E-state index in [0.717, 1.165) is 53.5 Å². The first-order valence-electron chi connectivity index (χ1n) is 12.8. The van der Waals surface area contributed by atoms with Crippen LogP contribution < -0.4 is 0 Å². The first-order valence-corrected chi connectivity index (χ1v) is 12.8. The van der Waals surface area contributed by atoms with Gasteiger partial charge in [0.15, 0.2) is 0 Å². The van der Waals surface area contributed by atoms with Crippen LogP contribution in [0.2, 0.25) is 0 Å². The zero-order valence-electron chi connectivity index (χ0n) is 20.2. The number of amides is 2. The van der Waals surface area contributed by atoms with Crippen LogP contribution in [0.15, 0.2) is 72.8 Å². The molecule has 3 aromatic carbocycles. The van der Waals surface area contributed by atoms with Gasteiger partial charge in [0.2, 0.25) is 0 Å². The molecule has 3 aliphatic rings. The van der Waals surface area contributed by atoms with Crippen LogP contribution in [-0.2, 0) is 13.0 Å². The van der Waals surface area contributed by atoms with E-state index in [1.54, 1.807) is 12.1 Å². The van der Waals surface area contributed by atoms with Crippen molar-refractivity contribution in [3.63, 3.8) is 0 Å². The van der Waals surface area contributed by atoms with E-state index in [0.29, 0.717) is 19.6 Å². The lowest BCUT2D eigenvalue weighted by Gasteiger charge is -2.37. The molecule has 2 heterocycles. The smallest absolute Gasteiger partial charge is 0.254 e. The molecule has 36 heavy (non-hydrogen) atoms. The zero-order valence-corrected chi connectivity index (χ0v) is 20.2. The van der Waals surface area contributed by atoms with Crippen LogP contribution in [0.25, 0.3) is 6.08 Å². The molecule has 182 valence electrons. The molecule has 6 rings (SSSR count). The van der Waals surface area contributed by atoms with E-state index in [4.69, 9.17) is 0 Å². The van der Waals surface area contributed by atoms with E-state index in [9.17, 15) is 14.0 Å². The maximum Gasteiger partial charge on any atom is 0.254 e. The molecule has 1 unspecified atom stereocenters. The van der Waals surface area contributed by atoms with Gasteiger partial charge in [0.25, 0.3) is 11.8 Å². The number of allylic oxidation sites excluding steroid dienone is 1. The Morgan fingerprint density at radius 3 is 2.58 bits per heavy atom. The van der Waals surface area contributed by atoms with E-state index in [1.807, 2.05) is 52.3 Å². The fourth-order valence-electron chi connectivity index (χ4n) is 5.98. The third-order valence-electron chi connectivity index (χ3n) is 7.94. The van der Waals surface area contributed by atoms with Crippen molar-refractivity contribution in [1.82, 2.24) is 9.80 Å². The summed E-state index contributed by atoms with van der Waals surface area (Å²) in [5.41, 5.74) is 5.84. The summed E-state index contributed by atoms with van der Waals surface area (Å²) in [4.78, 5) is 30.3. The first-order chi connectivity index (χ1) is 17.6. The normalized spacial score (nSPS) is 19.0. The number of aryl methyl sites for hydroxylation is 1. The molecule has 3 aromatic rings. The number of likely N-dealkylation sites (tertiary alicyclic amines) is 1. The molecule has 1 aliphatic carbocycles. The molecule has 1 saturated heterocycles. The van der Waals surface area contributed by atoms with Crippen LogP contribution in [0.4, 0.5) is 4.39 Å². The predicted molar refractivity (Wildman–Crippen MR) is 138 cm³/mol. The minimum absolute atomic E-state index is 0.0664. The average Bonchev–Trinajstić information content (AvgIpc) is 3.48. The molecule has 2 aliphatic heterocycles. The summed E-state index contributed by atoms with van der Waals surface area (Å²) in [7, 11) is 0. The molecule has 2 amide bonds. The highest BCUT2D eigenvalue weighted by Gasteiger charge is 2.35. The third-order valence-corrected chi connectivity index (χ3v) is 7.94. The monoisotopic (exact) mass is 480 g/mol. The van der Waals surface area contributed by atoms with E-state index in [1.165, 1.54) is 11.6 Å².